The van der Waals surface area contributed by atoms with Crippen LogP contribution in [0.25, 0.3) is 0 Å². The molecule has 1 fully saturated rings. The van der Waals surface area contributed by atoms with E-state index in [1.807, 2.05) is 13.1 Å². The topological polar surface area (TPSA) is 48.9 Å². The van der Waals surface area contributed by atoms with Crippen LogP contribution in [0.3, 0.4) is 0 Å². The normalized spacial score (nSPS) is 19.6. The standard InChI is InChI=1S/C18H30N4O/c1-5-14(2)21-18(19-3)20-12-15-9-10-22(13-15)16-7-6-8-17(11-16)23-4/h6-8,11,14-15H,5,9-10,12-13H2,1-4H3,(H2,19,20,21). The molecule has 1 heterocycles. The molecule has 2 unspecified atom stereocenters. The average Bonchev–Trinajstić information content (AvgIpc) is 3.07. The van der Waals surface area contributed by atoms with Crippen molar-refractivity contribution >= 4 is 11.6 Å². The molecule has 0 bridgehead atoms. The van der Waals surface area contributed by atoms with Gasteiger partial charge in [0.05, 0.1) is 7.11 Å². The van der Waals surface area contributed by atoms with Crippen molar-refractivity contribution in [1.29, 1.82) is 0 Å². The molecule has 2 atom stereocenters. The van der Waals surface area contributed by atoms with Gasteiger partial charge in [-0.3, -0.25) is 4.99 Å². The average molecular weight is 318 g/mol. The minimum atomic E-state index is 0.443. The van der Waals surface area contributed by atoms with Crippen LogP contribution in [0.4, 0.5) is 5.69 Å². The van der Waals surface area contributed by atoms with Crippen LogP contribution in [0, 0.1) is 5.92 Å². The minimum absolute atomic E-state index is 0.443. The number of anilines is 1. The van der Waals surface area contributed by atoms with Gasteiger partial charge < -0.3 is 20.3 Å². The number of hydrogen-bond donors (Lipinski definition) is 2. The first-order valence-electron chi connectivity index (χ1n) is 8.52. The Kier molecular flexibility index (Phi) is 6.56. The zero-order valence-corrected chi connectivity index (χ0v) is 14.8. The van der Waals surface area contributed by atoms with Crippen LogP contribution in [0.1, 0.15) is 26.7 Å². The second kappa shape index (κ2) is 8.65. The monoisotopic (exact) mass is 318 g/mol. The number of hydrogen-bond acceptors (Lipinski definition) is 3. The highest BCUT2D eigenvalue weighted by atomic mass is 16.5. The molecule has 0 amide bonds. The molecule has 1 aliphatic heterocycles. The number of nitrogens with zero attached hydrogens (tertiary/aromatic N) is 2. The second-order valence-electron chi connectivity index (χ2n) is 6.21. The Morgan fingerprint density at radius 1 is 1.48 bits per heavy atom. The summed E-state index contributed by atoms with van der Waals surface area (Å²) in [4.78, 5) is 6.73. The van der Waals surface area contributed by atoms with Crippen LogP contribution < -0.4 is 20.3 Å². The van der Waals surface area contributed by atoms with Gasteiger partial charge in [-0.2, -0.15) is 0 Å². The number of methoxy groups -OCH3 is 1. The lowest BCUT2D eigenvalue weighted by Gasteiger charge is -2.21. The van der Waals surface area contributed by atoms with Gasteiger partial charge in [-0.15, -0.1) is 0 Å². The molecule has 0 radical (unpaired) electrons. The Bertz CT molecular complexity index is 517. The van der Waals surface area contributed by atoms with E-state index in [9.17, 15) is 0 Å². The Morgan fingerprint density at radius 2 is 2.30 bits per heavy atom. The fourth-order valence-electron chi connectivity index (χ4n) is 2.81. The quantitative estimate of drug-likeness (QED) is 0.625. The zero-order valence-electron chi connectivity index (χ0n) is 14.8. The molecule has 0 saturated carbocycles. The fourth-order valence-corrected chi connectivity index (χ4v) is 2.81. The zero-order chi connectivity index (χ0) is 16.7. The summed E-state index contributed by atoms with van der Waals surface area (Å²) < 4.78 is 5.32. The number of aliphatic imine (C=N–C) groups is 1. The third kappa shape index (κ3) is 5.05. The molecule has 5 nitrogen and oxygen atoms in total. The van der Waals surface area contributed by atoms with Gasteiger partial charge in [-0.05, 0) is 37.8 Å². The lowest BCUT2D eigenvalue weighted by atomic mass is 10.1. The molecular weight excluding hydrogens is 288 g/mol. The first-order chi connectivity index (χ1) is 11.2. The first kappa shape index (κ1) is 17.4. The van der Waals surface area contributed by atoms with Gasteiger partial charge in [0.25, 0.3) is 0 Å². The predicted octanol–water partition coefficient (Wildman–Crippen LogP) is 2.49. The summed E-state index contributed by atoms with van der Waals surface area (Å²) in [6, 6.07) is 8.75. The summed E-state index contributed by atoms with van der Waals surface area (Å²) in [5, 5.41) is 6.87. The van der Waals surface area contributed by atoms with Gasteiger partial charge in [0, 0.05) is 44.5 Å². The smallest absolute Gasteiger partial charge is 0.191 e. The number of guanidine groups is 1. The molecule has 2 N–H and O–H groups in total. The van der Waals surface area contributed by atoms with E-state index in [0.29, 0.717) is 12.0 Å². The number of benzene rings is 1. The van der Waals surface area contributed by atoms with E-state index < -0.39 is 0 Å². The van der Waals surface area contributed by atoms with Crippen molar-refractivity contribution in [3.8, 4) is 5.75 Å². The van der Waals surface area contributed by atoms with Crippen molar-refractivity contribution < 1.29 is 4.74 Å². The second-order valence-corrected chi connectivity index (χ2v) is 6.21. The maximum atomic E-state index is 5.32. The molecule has 5 heteroatoms. The third-order valence-electron chi connectivity index (χ3n) is 4.48. The summed E-state index contributed by atoms with van der Waals surface area (Å²) in [6.45, 7) is 7.47. The molecule has 2 rings (SSSR count). The molecule has 0 spiro atoms. The molecule has 1 aliphatic rings. The number of rotatable bonds is 6. The van der Waals surface area contributed by atoms with Crippen LogP contribution >= 0.6 is 0 Å². The molecule has 1 aromatic rings. The third-order valence-corrected chi connectivity index (χ3v) is 4.48. The summed E-state index contributed by atoms with van der Waals surface area (Å²) in [5.41, 5.74) is 1.24. The van der Waals surface area contributed by atoms with Crippen LogP contribution in [0.2, 0.25) is 0 Å². The van der Waals surface area contributed by atoms with E-state index in [1.165, 1.54) is 12.1 Å². The largest absolute Gasteiger partial charge is 0.497 e. The van der Waals surface area contributed by atoms with Gasteiger partial charge in [0.2, 0.25) is 0 Å². The Hall–Kier alpha value is -1.91. The highest BCUT2D eigenvalue weighted by molar-refractivity contribution is 5.79. The molecule has 23 heavy (non-hydrogen) atoms. The van der Waals surface area contributed by atoms with E-state index in [1.54, 1.807) is 7.11 Å². The van der Waals surface area contributed by atoms with E-state index in [2.05, 4.69) is 52.6 Å². The number of ether oxygens (including phenoxy) is 1. The van der Waals surface area contributed by atoms with Crippen LogP contribution in [0.5, 0.6) is 5.75 Å². The van der Waals surface area contributed by atoms with E-state index in [0.717, 1.165) is 37.8 Å². The Labute approximate surface area is 140 Å². The molecule has 1 saturated heterocycles. The van der Waals surface area contributed by atoms with Gasteiger partial charge in [0.15, 0.2) is 5.96 Å². The number of nitrogens with one attached hydrogen (secondary N) is 2. The van der Waals surface area contributed by atoms with E-state index >= 15 is 0 Å². The molecular formula is C18H30N4O. The Morgan fingerprint density at radius 3 is 3.00 bits per heavy atom. The van der Waals surface area contributed by atoms with Gasteiger partial charge in [0.1, 0.15) is 5.75 Å². The Balaban J connectivity index is 1.83. The molecule has 128 valence electrons. The van der Waals surface area contributed by atoms with Gasteiger partial charge in [-0.25, -0.2) is 0 Å². The van der Waals surface area contributed by atoms with E-state index in [-0.39, 0.29) is 0 Å². The van der Waals surface area contributed by atoms with Gasteiger partial charge >= 0.3 is 0 Å². The lowest BCUT2D eigenvalue weighted by Crippen LogP contribution is -2.43. The summed E-state index contributed by atoms with van der Waals surface area (Å²) in [7, 11) is 3.54. The summed E-state index contributed by atoms with van der Waals surface area (Å²) in [6.07, 6.45) is 2.29. The molecule has 1 aromatic carbocycles. The summed E-state index contributed by atoms with van der Waals surface area (Å²) in [5.74, 6) is 2.46. The molecule has 0 aliphatic carbocycles. The van der Waals surface area contributed by atoms with Crippen molar-refractivity contribution in [3.05, 3.63) is 24.3 Å². The predicted molar refractivity (Wildman–Crippen MR) is 97.6 cm³/mol. The van der Waals surface area contributed by atoms with Crippen molar-refractivity contribution in [2.45, 2.75) is 32.7 Å². The SMILES string of the molecule is CCC(C)NC(=NC)NCC1CCN(c2cccc(OC)c2)C1. The maximum Gasteiger partial charge on any atom is 0.191 e. The van der Waals surface area contributed by atoms with Crippen LogP contribution in [0.15, 0.2) is 29.3 Å². The molecule has 0 aromatic heterocycles. The minimum Gasteiger partial charge on any atom is -0.497 e. The van der Waals surface area contributed by atoms with Crippen molar-refractivity contribution in [2.24, 2.45) is 10.9 Å². The van der Waals surface area contributed by atoms with Gasteiger partial charge in [-0.1, -0.05) is 13.0 Å². The van der Waals surface area contributed by atoms with E-state index in [4.69, 9.17) is 4.74 Å². The summed E-state index contributed by atoms with van der Waals surface area (Å²) >= 11 is 0. The van der Waals surface area contributed by atoms with Crippen molar-refractivity contribution in [3.63, 3.8) is 0 Å². The van der Waals surface area contributed by atoms with Crippen LogP contribution in [-0.2, 0) is 0 Å². The van der Waals surface area contributed by atoms with Crippen molar-refractivity contribution in [2.75, 3.05) is 38.7 Å². The maximum absolute atomic E-state index is 5.32. The highest BCUT2D eigenvalue weighted by Crippen LogP contribution is 2.26. The lowest BCUT2D eigenvalue weighted by molar-refractivity contribution is 0.415. The first-order valence-corrected chi connectivity index (χ1v) is 8.52. The fraction of sp³-hybridized carbons (Fsp3) is 0.611. The van der Waals surface area contributed by atoms with Crippen molar-refractivity contribution in [1.82, 2.24) is 10.6 Å². The van der Waals surface area contributed by atoms with Crippen LogP contribution in [-0.4, -0.2) is 45.8 Å². The highest BCUT2D eigenvalue weighted by Gasteiger charge is 2.23.